The number of methoxy groups -OCH3 is 2. The summed E-state index contributed by atoms with van der Waals surface area (Å²) in [5.74, 6) is 0.917. The lowest BCUT2D eigenvalue weighted by molar-refractivity contribution is 0.140. The highest BCUT2D eigenvalue weighted by Crippen LogP contribution is 2.33. The van der Waals surface area contributed by atoms with E-state index < -0.39 is 0 Å². The maximum absolute atomic E-state index is 5.37. The van der Waals surface area contributed by atoms with Gasteiger partial charge in [-0.2, -0.15) is 0 Å². The van der Waals surface area contributed by atoms with E-state index in [1.54, 1.807) is 14.2 Å². The molecule has 0 radical (unpaired) electrons. The maximum Gasteiger partial charge on any atom is 0.316 e. The highest BCUT2D eigenvalue weighted by atomic mass is 16.5. The highest BCUT2D eigenvalue weighted by Gasteiger charge is 2.24. The number of aromatic nitrogens is 2. The van der Waals surface area contributed by atoms with Crippen molar-refractivity contribution >= 4 is 0 Å². The Morgan fingerprint density at radius 3 is 2.70 bits per heavy atom. The summed E-state index contributed by atoms with van der Waals surface area (Å²) in [5, 5.41) is 0. The quantitative estimate of drug-likeness (QED) is 0.848. The minimum Gasteiger partial charge on any atom is -0.497 e. The van der Waals surface area contributed by atoms with E-state index in [-0.39, 0.29) is 0 Å². The summed E-state index contributed by atoms with van der Waals surface area (Å²) in [6, 6.07) is 9.23. The summed E-state index contributed by atoms with van der Waals surface area (Å²) in [7, 11) is 3.30. The van der Waals surface area contributed by atoms with Crippen molar-refractivity contribution in [3.05, 3.63) is 47.8 Å². The minimum absolute atomic E-state index is 0.414. The van der Waals surface area contributed by atoms with Gasteiger partial charge in [0.05, 0.1) is 14.2 Å². The summed E-state index contributed by atoms with van der Waals surface area (Å²) in [6.45, 7) is 1.94. The van der Waals surface area contributed by atoms with E-state index in [0.717, 1.165) is 24.4 Å². The second kappa shape index (κ2) is 7.42. The molecular formula is C18H23N3O2. The summed E-state index contributed by atoms with van der Waals surface area (Å²) in [6.07, 6.45) is 7.37. The minimum atomic E-state index is 0.414. The maximum atomic E-state index is 5.37. The molecule has 1 atom stereocenters. The molecule has 0 spiro atoms. The van der Waals surface area contributed by atoms with E-state index in [1.165, 1.54) is 24.8 Å². The molecule has 1 unspecified atom stereocenters. The number of benzene rings is 1. The molecule has 1 fully saturated rings. The Kier molecular flexibility index (Phi) is 5.08. The molecule has 1 aromatic carbocycles. The van der Waals surface area contributed by atoms with Gasteiger partial charge in [-0.05, 0) is 37.1 Å². The van der Waals surface area contributed by atoms with Gasteiger partial charge in [-0.25, -0.2) is 9.97 Å². The Hall–Kier alpha value is -2.14. The zero-order valence-corrected chi connectivity index (χ0v) is 13.7. The molecule has 122 valence electrons. The molecule has 2 aromatic rings. The van der Waals surface area contributed by atoms with Crippen molar-refractivity contribution in [1.82, 2.24) is 14.9 Å². The third kappa shape index (κ3) is 3.79. The monoisotopic (exact) mass is 313 g/mol. The molecule has 0 N–H and O–H groups in total. The molecule has 0 amide bonds. The van der Waals surface area contributed by atoms with Crippen LogP contribution in [-0.4, -0.2) is 35.6 Å². The van der Waals surface area contributed by atoms with Crippen molar-refractivity contribution in [2.24, 2.45) is 0 Å². The Balaban J connectivity index is 1.77. The fourth-order valence-corrected chi connectivity index (χ4v) is 3.17. The van der Waals surface area contributed by atoms with E-state index in [4.69, 9.17) is 9.47 Å². The van der Waals surface area contributed by atoms with Crippen LogP contribution in [0.15, 0.2) is 36.7 Å². The van der Waals surface area contributed by atoms with Crippen LogP contribution in [0.2, 0.25) is 0 Å². The lowest BCUT2D eigenvalue weighted by Crippen LogP contribution is -2.33. The average molecular weight is 313 g/mol. The Labute approximate surface area is 137 Å². The van der Waals surface area contributed by atoms with Crippen LogP contribution in [0.1, 0.15) is 36.4 Å². The Morgan fingerprint density at radius 1 is 1.13 bits per heavy atom. The smallest absolute Gasteiger partial charge is 0.316 e. The van der Waals surface area contributed by atoms with Crippen LogP contribution in [0.5, 0.6) is 11.8 Å². The molecule has 1 aliphatic heterocycles. The first kappa shape index (κ1) is 15.7. The van der Waals surface area contributed by atoms with Crippen LogP contribution in [0.3, 0.4) is 0 Å². The summed E-state index contributed by atoms with van der Waals surface area (Å²) < 4.78 is 10.4. The second-order valence-corrected chi connectivity index (χ2v) is 5.84. The first-order valence-electron chi connectivity index (χ1n) is 8.03. The predicted octanol–water partition coefficient (Wildman–Crippen LogP) is 3.22. The first-order valence-corrected chi connectivity index (χ1v) is 8.03. The van der Waals surface area contributed by atoms with Crippen molar-refractivity contribution in [1.29, 1.82) is 0 Å². The number of rotatable bonds is 5. The molecule has 0 aliphatic carbocycles. The molecule has 23 heavy (non-hydrogen) atoms. The van der Waals surface area contributed by atoms with Gasteiger partial charge in [0.15, 0.2) is 0 Å². The average Bonchev–Trinajstić information content (AvgIpc) is 2.63. The van der Waals surface area contributed by atoms with Gasteiger partial charge in [-0.15, -0.1) is 0 Å². The molecule has 1 aromatic heterocycles. The Bertz CT molecular complexity index is 630. The number of hydrogen-bond donors (Lipinski definition) is 0. The van der Waals surface area contributed by atoms with Gasteiger partial charge in [-0.3, -0.25) is 4.90 Å². The van der Waals surface area contributed by atoms with Gasteiger partial charge in [0.1, 0.15) is 5.75 Å². The van der Waals surface area contributed by atoms with Crippen LogP contribution in [-0.2, 0) is 6.54 Å². The van der Waals surface area contributed by atoms with Crippen LogP contribution in [0.25, 0.3) is 0 Å². The zero-order valence-electron chi connectivity index (χ0n) is 13.7. The van der Waals surface area contributed by atoms with Crippen molar-refractivity contribution in [3.8, 4) is 11.8 Å². The van der Waals surface area contributed by atoms with E-state index in [0.29, 0.717) is 12.1 Å². The molecule has 1 saturated heterocycles. The van der Waals surface area contributed by atoms with Crippen molar-refractivity contribution < 1.29 is 9.47 Å². The highest BCUT2D eigenvalue weighted by molar-refractivity contribution is 5.31. The molecule has 1 aliphatic rings. The van der Waals surface area contributed by atoms with E-state index in [1.807, 2.05) is 18.5 Å². The van der Waals surface area contributed by atoms with Gasteiger partial charge < -0.3 is 9.47 Å². The van der Waals surface area contributed by atoms with E-state index in [9.17, 15) is 0 Å². The van der Waals surface area contributed by atoms with Crippen LogP contribution in [0.4, 0.5) is 0 Å². The first-order chi connectivity index (χ1) is 11.3. The largest absolute Gasteiger partial charge is 0.497 e. The lowest BCUT2D eigenvalue weighted by atomic mass is 9.94. The molecule has 5 heteroatoms. The lowest BCUT2D eigenvalue weighted by Gasteiger charge is -2.36. The van der Waals surface area contributed by atoms with Crippen molar-refractivity contribution in [2.45, 2.75) is 31.8 Å². The fourth-order valence-electron chi connectivity index (χ4n) is 3.17. The van der Waals surface area contributed by atoms with E-state index >= 15 is 0 Å². The number of hydrogen-bond acceptors (Lipinski definition) is 5. The second-order valence-electron chi connectivity index (χ2n) is 5.84. The molecule has 3 rings (SSSR count). The molecule has 0 saturated carbocycles. The molecular weight excluding hydrogens is 290 g/mol. The Morgan fingerprint density at radius 2 is 1.96 bits per heavy atom. The van der Waals surface area contributed by atoms with Gasteiger partial charge in [0.25, 0.3) is 0 Å². The van der Waals surface area contributed by atoms with Crippen molar-refractivity contribution in [2.75, 3.05) is 20.8 Å². The normalized spacial score (nSPS) is 18.6. The van der Waals surface area contributed by atoms with Crippen LogP contribution in [0, 0.1) is 0 Å². The zero-order chi connectivity index (χ0) is 16.1. The standard InChI is InChI=1S/C18H23N3O2/c1-22-16-7-5-6-15(10-16)17-8-3-4-9-21(17)13-14-11-19-18(23-2)20-12-14/h5-7,10-12,17H,3-4,8-9,13H2,1-2H3. The fraction of sp³-hybridized carbons (Fsp3) is 0.444. The molecule has 0 bridgehead atoms. The van der Waals surface area contributed by atoms with Gasteiger partial charge in [0.2, 0.25) is 0 Å². The van der Waals surface area contributed by atoms with Gasteiger partial charge in [-0.1, -0.05) is 18.6 Å². The topological polar surface area (TPSA) is 47.5 Å². The third-order valence-electron chi connectivity index (χ3n) is 4.34. The van der Waals surface area contributed by atoms with Crippen molar-refractivity contribution in [3.63, 3.8) is 0 Å². The van der Waals surface area contributed by atoms with Gasteiger partial charge >= 0.3 is 6.01 Å². The molecule has 2 heterocycles. The number of ether oxygens (including phenoxy) is 2. The van der Waals surface area contributed by atoms with E-state index in [2.05, 4.69) is 33.1 Å². The third-order valence-corrected chi connectivity index (χ3v) is 4.34. The summed E-state index contributed by atoms with van der Waals surface area (Å²) >= 11 is 0. The summed E-state index contributed by atoms with van der Waals surface area (Å²) in [4.78, 5) is 10.9. The van der Waals surface area contributed by atoms with Crippen LogP contribution >= 0.6 is 0 Å². The summed E-state index contributed by atoms with van der Waals surface area (Å²) in [5.41, 5.74) is 2.43. The predicted molar refractivity (Wildman–Crippen MR) is 88.6 cm³/mol. The molecule has 5 nitrogen and oxygen atoms in total. The van der Waals surface area contributed by atoms with Crippen LogP contribution < -0.4 is 9.47 Å². The number of piperidine rings is 1. The number of nitrogens with zero attached hydrogens (tertiary/aromatic N) is 3. The number of likely N-dealkylation sites (tertiary alicyclic amines) is 1. The van der Waals surface area contributed by atoms with Gasteiger partial charge in [0, 0.05) is 30.5 Å². The SMILES string of the molecule is COc1cccc(C2CCCCN2Cc2cnc(OC)nc2)c1.